The fourth-order valence-electron chi connectivity index (χ4n) is 3.47. The number of aryl methyl sites for hydroxylation is 1. The second-order valence-electron chi connectivity index (χ2n) is 6.61. The number of piperazine rings is 1. The quantitative estimate of drug-likeness (QED) is 0.790. The zero-order valence-electron chi connectivity index (χ0n) is 14.2. The predicted octanol–water partition coefficient (Wildman–Crippen LogP) is 2.72. The van der Waals surface area contributed by atoms with E-state index >= 15 is 0 Å². The van der Waals surface area contributed by atoms with Gasteiger partial charge in [0.05, 0.1) is 10.7 Å². The van der Waals surface area contributed by atoms with E-state index in [0.29, 0.717) is 32.1 Å². The van der Waals surface area contributed by atoms with Gasteiger partial charge in [-0.1, -0.05) is 19.3 Å². The van der Waals surface area contributed by atoms with Crippen molar-refractivity contribution in [3.05, 3.63) is 22.2 Å². The second kappa shape index (κ2) is 7.92. The van der Waals surface area contributed by atoms with Crippen LogP contribution in [0.5, 0.6) is 0 Å². The van der Waals surface area contributed by atoms with Crippen molar-refractivity contribution < 1.29 is 9.59 Å². The van der Waals surface area contributed by atoms with E-state index in [1.807, 2.05) is 22.1 Å². The van der Waals surface area contributed by atoms with Gasteiger partial charge in [0, 0.05) is 43.6 Å². The van der Waals surface area contributed by atoms with Gasteiger partial charge in [-0.3, -0.25) is 9.59 Å². The normalized spacial score (nSPS) is 19.9. The largest absolute Gasteiger partial charge is 0.339 e. The van der Waals surface area contributed by atoms with Crippen molar-refractivity contribution >= 4 is 29.2 Å². The first-order chi connectivity index (χ1) is 11.6. The van der Waals surface area contributed by atoms with Crippen LogP contribution in [-0.4, -0.2) is 52.8 Å². The molecule has 2 fully saturated rings. The molecule has 1 aliphatic carbocycles. The first-order valence-electron chi connectivity index (χ1n) is 8.81. The topological polar surface area (TPSA) is 53.5 Å². The Morgan fingerprint density at radius 2 is 1.79 bits per heavy atom. The van der Waals surface area contributed by atoms with Crippen LogP contribution in [0.4, 0.5) is 0 Å². The number of hydrogen-bond donors (Lipinski definition) is 0. The summed E-state index contributed by atoms with van der Waals surface area (Å²) in [5.41, 5.74) is 0.831. The minimum absolute atomic E-state index is 0.00502. The first kappa shape index (κ1) is 17.1. The Kier molecular flexibility index (Phi) is 5.66. The molecule has 130 valence electrons. The Bertz CT molecular complexity index is 612. The van der Waals surface area contributed by atoms with E-state index in [0.717, 1.165) is 23.5 Å². The van der Waals surface area contributed by atoms with Crippen molar-refractivity contribution in [1.29, 1.82) is 0 Å². The number of hydrogen-bond acceptors (Lipinski definition) is 4. The van der Waals surface area contributed by atoms with E-state index in [-0.39, 0.29) is 11.8 Å². The first-order valence-corrected chi connectivity index (χ1v) is 9.69. The zero-order valence-corrected chi connectivity index (χ0v) is 15.1. The van der Waals surface area contributed by atoms with Crippen LogP contribution in [0.15, 0.2) is 11.5 Å². The predicted molar refractivity (Wildman–Crippen MR) is 95.6 cm³/mol. The van der Waals surface area contributed by atoms with Crippen LogP contribution in [0.1, 0.15) is 42.8 Å². The highest BCUT2D eigenvalue weighted by Crippen LogP contribution is 2.25. The molecule has 6 heteroatoms. The van der Waals surface area contributed by atoms with Gasteiger partial charge in [-0.25, -0.2) is 4.98 Å². The van der Waals surface area contributed by atoms with Crippen LogP contribution in [0.2, 0.25) is 0 Å². The Hall–Kier alpha value is -1.69. The lowest BCUT2D eigenvalue weighted by molar-refractivity contribution is -0.141. The minimum atomic E-state index is 0.00502. The van der Waals surface area contributed by atoms with Crippen molar-refractivity contribution in [3.8, 4) is 0 Å². The molecule has 2 aliphatic rings. The van der Waals surface area contributed by atoms with Gasteiger partial charge in [-0.05, 0) is 25.8 Å². The van der Waals surface area contributed by atoms with Crippen LogP contribution in [0.25, 0.3) is 6.08 Å². The Morgan fingerprint density at radius 1 is 1.12 bits per heavy atom. The molecule has 2 heterocycles. The van der Waals surface area contributed by atoms with Crippen LogP contribution >= 0.6 is 11.3 Å². The number of thiazole rings is 1. The molecule has 5 nitrogen and oxygen atoms in total. The molecule has 0 unspecified atom stereocenters. The van der Waals surface area contributed by atoms with Crippen molar-refractivity contribution in [2.24, 2.45) is 5.92 Å². The lowest BCUT2D eigenvalue weighted by Gasteiger charge is -2.36. The van der Waals surface area contributed by atoms with Crippen molar-refractivity contribution in [3.63, 3.8) is 0 Å². The summed E-state index contributed by atoms with van der Waals surface area (Å²) in [4.78, 5) is 32.9. The van der Waals surface area contributed by atoms with Crippen molar-refractivity contribution in [2.75, 3.05) is 26.2 Å². The third-order valence-electron chi connectivity index (χ3n) is 4.89. The van der Waals surface area contributed by atoms with Gasteiger partial charge in [-0.2, -0.15) is 0 Å². The summed E-state index contributed by atoms with van der Waals surface area (Å²) in [7, 11) is 0. The van der Waals surface area contributed by atoms with Crippen molar-refractivity contribution in [1.82, 2.24) is 14.8 Å². The monoisotopic (exact) mass is 347 g/mol. The highest BCUT2D eigenvalue weighted by Gasteiger charge is 2.29. The third-order valence-corrected chi connectivity index (χ3v) is 5.68. The lowest BCUT2D eigenvalue weighted by atomic mass is 9.88. The summed E-state index contributed by atoms with van der Waals surface area (Å²) in [5.74, 6) is 0.523. The Labute approximate surface area is 147 Å². The molecule has 0 spiro atoms. The van der Waals surface area contributed by atoms with E-state index in [9.17, 15) is 9.59 Å². The molecule has 1 saturated carbocycles. The molecule has 1 saturated heterocycles. The van der Waals surface area contributed by atoms with E-state index in [1.54, 1.807) is 23.5 Å². The summed E-state index contributed by atoms with van der Waals surface area (Å²) in [5, 5.41) is 2.94. The van der Waals surface area contributed by atoms with Gasteiger partial charge >= 0.3 is 0 Å². The number of aromatic nitrogens is 1. The molecule has 3 rings (SSSR count). The summed E-state index contributed by atoms with van der Waals surface area (Å²) >= 11 is 1.58. The van der Waals surface area contributed by atoms with Gasteiger partial charge in [0.1, 0.15) is 0 Å². The molecular formula is C18H25N3O2S. The molecular weight excluding hydrogens is 322 g/mol. The second-order valence-corrected chi connectivity index (χ2v) is 7.67. The molecule has 0 bridgehead atoms. The molecule has 2 amide bonds. The summed E-state index contributed by atoms with van der Waals surface area (Å²) < 4.78 is 0. The van der Waals surface area contributed by atoms with Crippen LogP contribution < -0.4 is 0 Å². The van der Waals surface area contributed by atoms with Gasteiger partial charge < -0.3 is 9.80 Å². The maximum atomic E-state index is 12.5. The summed E-state index contributed by atoms with van der Waals surface area (Å²) in [6.45, 7) is 4.51. The number of rotatable bonds is 3. The van der Waals surface area contributed by atoms with Gasteiger partial charge in [0.2, 0.25) is 11.8 Å². The molecule has 0 radical (unpaired) electrons. The zero-order chi connectivity index (χ0) is 16.9. The molecule has 0 N–H and O–H groups in total. The van der Waals surface area contributed by atoms with Crippen LogP contribution in [-0.2, 0) is 9.59 Å². The number of amides is 2. The molecule has 1 aromatic rings. The van der Waals surface area contributed by atoms with E-state index in [1.165, 1.54) is 19.3 Å². The minimum Gasteiger partial charge on any atom is -0.339 e. The number of carbonyl (C=O) groups is 2. The smallest absolute Gasteiger partial charge is 0.246 e. The van der Waals surface area contributed by atoms with Crippen LogP contribution in [0, 0.1) is 12.8 Å². The Morgan fingerprint density at radius 3 is 2.42 bits per heavy atom. The Balaban J connectivity index is 1.48. The fraction of sp³-hybridized carbons (Fsp3) is 0.611. The average molecular weight is 347 g/mol. The van der Waals surface area contributed by atoms with Gasteiger partial charge in [0.15, 0.2) is 0 Å². The maximum absolute atomic E-state index is 12.5. The number of carbonyl (C=O) groups excluding carboxylic acids is 2. The molecule has 1 aliphatic heterocycles. The third kappa shape index (κ3) is 4.23. The lowest BCUT2D eigenvalue weighted by Crippen LogP contribution is -2.51. The number of nitrogens with zero attached hydrogens (tertiary/aromatic N) is 3. The summed E-state index contributed by atoms with van der Waals surface area (Å²) in [6, 6.07) is 0. The SMILES string of the molecule is Cc1nc(/C=C/C(=O)N2CCN(C(=O)C3CCCCC3)CC2)cs1. The highest BCUT2D eigenvalue weighted by atomic mass is 32.1. The average Bonchev–Trinajstić information content (AvgIpc) is 3.05. The molecule has 24 heavy (non-hydrogen) atoms. The molecule has 0 aromatic carbocycles. The van der Waals surface area contributed by atoms with Gasteiger partial charge in [0.25, 0.3) is 0 Å². The maximum Gasteiger partial charge on any atom is 0.246 e. The van der Waals surface area contributed by atoms with Crippen molar-refractivity contribution in [2.45, 2.75) is 39.0 Å². The van der Waals surface area contributed by atoms with E-state index < -0.39 is 0 Å². The van der Waals surface area contributed by atoms with Gasteiger partial charge in [-0.15, -0.1) is 11.3 Å². The van der Waals surface area contributed by atoms with Crippen LogP contribution in [0.3, 0.4) is 0 Å². The fourth-order valence-corrected chi connectivity index (χ4v) is 4.05. The highest BCUT2D eigenvalue weighted by molar-refractivity contribution is 7.09. The summed E-state index contributed by atoms with van der Waals surface area (Å²) in [6.07, 6.45) is 9.04. The molecule has 0 atom stereocenters. The van der Waals surface area contributed by atoms with E-state index in [4.69, 9.17) is 0 Å². The van der Waals surface area contributed by atoms with E-state index in [2.05, 4.69) is 4.98 Å². The standard InChI is InChI=1S/C18H25N3O2S/c1-14-19-16(13-24-14)7-8-17(22)20-9-11-21(12-10-20)18(23)15-5-3-2-4-6-15/h7-8,13,15H,2-6,9-12H2,1H3/b8-7+. The molecule has 1 aromatic heterocycles.